The summed E-state index contributed by atoms with van der Waals surface area (Å²) in [5.74, 6) is -0.158. The van der Waals surface area contributed by atoms with E-state index in [1.807, 2.05) is 12.1 Å². The fourth-order valence-electron chi connectivity index (χ4n) is 2.77. The number of benzene rings is 1. The van der Waals surface area contributed by atoms with Crippen molar-refractivity contribution in [1.29, 1.82) is 0 Å². The fourth-order valence-corrected chi connectivity index (χ4v) is 2.77. The molecule has 0 aromatic heterocycles. The van der Waals surface area contributed by atoms with Gasteiger partial charge in [-0.25, -0.2) is 4.39 Å². The Morgan fingerprint density at radius 1 is 1.17 bits per heavy atom. The van der Waals surface area contributed by atoms with Crippen molar-refractivity contribution in [3.63, 3.8) is 0 Å². The highest BCUT2D eigenvalue weighted by Gasteiger charge is 2.19. The Kier molecular flexibility index (Phi) is 5.14. The van der Waals surface area contributed by atoms with Gasteiger partial charge >= 0.3 is 0 Å². The number of halogens is 1. The summed E-state index contributed by atoms with van der Waals surface area (Å²) in [4.78, 5) is 0. The predicted octanol–water partition coefficient (Wildman–Crippen LogP) is 3.14. The van der Waals surface area contributed by atoms with Crippen LogP contribution in [0.2, 0.25) is 0 Å². The van der Waals surface area contributed by atoms with Gasteiger partial charge in [0.05, 0.1) is 0 Å². The van der Waals surface area contributed by atoms with Crippen molar-refractivity contribution in [3.05, 3.63) is 35.6 Å². The zero-order valence-electron chi connectivity index (χ0n) is 10.9. The third-order valence-electron chi connectivity index (χ3n) is 3.81. The van der Waals surface area contributed by atoms with E-state index in [4.69, 9.17) is 5.73 Å². The fraction of sp³-hybridized carbons (Fsp3) is 0.600. The molecule has 0 spiro atoms. The maximum atomic E-state index is 13.8. The van der Waals surface area contributed by atoms with Crippen LogP contribution in [0.15, 0.2) is 24.3 Å². The minimum Gasteiger partial charge on any atom is -0.329 e. The first-order chi connectivity index (χ1) is 8.81. The molecule has 1 saturated carbocycles. The molecule has 1 atom stereocenters. The van der Waals surface area contributed by atoms with Crippen LogP contribution in [0.4, 0.5) is 4.39 Å². The van der Waals surface area contributed by atoms with Crippen LogP contribution in [0, 0.1) is 5.82 Å². The lowest BCUT2D eigenvalue weighted by molar-refractivity contribution is 0.394. The smallest absolute Gasteiger partial charge is 0.128 e. The molecule has 3 heteroatoms. The Balaban J connectivity index is 2.02. The SMILES string of the molecule is NCC(NC1CCCCCC1)c1ccccc1F. The Morgan fingerprint density at radius 2 is 1.83 bits per heavy atom. The van der Waals surface area contributed by atoms with Crippen molar-refractivity contribution in [2.24, 2.45) is 5.73 Å². The van der Waals surface area contributed by atoms with E-state index in [9.17, 15) is 4.39 Å². The minimum atomic E-state index is -0.158. The van der Waals surface area contributed by atoms with Gasteiger partial charge in [0.2, 0.25) is 0 Å². The molecule has 1 unspecified atom stereocenters. The van der Waals surface area contributed by atoms with Crippen LogP contribution >= 0.6 is 0 Å². The van der Waals surface area contributed by atoms with E-state index in [-0.39, 0.29) is 11.9 Å². The van der Waals surface area contributed by atoms with Crippen LogP contribution in [0.1, 0.15) is 50.1 Å². The van der Waals surface area contributed by atoms with Crippen molar-refractivity contribution < 1.29 is 4.39 Å². The molecule has 0 radical (unpaired) electrons. The quantitative estimate of drug-likeness (QED) is 0.806. The third-order valence-corrected chi connectivity index (χ3v) is 3.81. The Hall–Kier alpha value is -0.930. The molecule has 2 nitrogen and oxygen atoms in total. The summed E-state index contributed by atoms with van der Waals surface area (Å²) in [5, 5.41) is 3.54. The van der Waals surface area contributed by atoms with Crippen LogP contribution in [0.3, 0.4) is 0 Å². The second-order valence-electron chi connectivity index (χ2n) is 5.16. The van der Waals surface area contributed by atoms with E-state index in [0.29, 0.717) is 18.2 Å². The highest BCUT2D eigenvalue weighted by molar-refractivity contribution is 5.21. The number of rotatable bonds is 4. The topological polar surface area (TPSA) is 38.0 Å². The van der Waals surface area contributed by atoms with Crippen LogP contribution in [-0.2, 0) is 0 Å². The van der Waals surface area contributed by atoms with Gasteiger partial charge in [-0.3, -0.25) is 0 Å². The van der Waals surface area contributed by atoms with Gasteiger partial charge in [0.15, 0.2) is 0 Å². The molecule has 0 bridgehead atoms. The summed E-state index contributed by atoms with van der Waals surface area (Å²) in [6.45, 7) is 0.442. The summed E-state index contributed by atoms with van der Waals surface area (Å²) in [6.07, 6.45) is 7.56. The summed E-state index contributed by atoms with van der Waals surface area (Å²) in [5.41, 5.74) is 6.50. The first kappa shape index (κ1) is 13.5. The third kappa shape index (κ3) is 3.53. The molecule has 2 rings (SSSR count). The second-order valence-corrected chi connectivity index (χ2v) is 5.16. The van der Waals surface area contributed by atoms with Crippen molar-refractivity contribution in [1.82, 2.24) is 5.32 Å². The van der Waals surface area contributed by atoms with Crippen LogP contribution < -0.4 is 11.1 Å². The van der Waals surface area contributed by atoms with E-state index in [1.165, 1.54) is 44.6 Å². The molecule has 0 saturated heterocycles. The molecule has 1 fully saturated rings. The van der Waals surface area contributed by atoms with E-state index in [1.54, 1.807) is 6.07 Å². The average molecular weight is 250 g/mol. The van der Waals surface area contributed by atoms with Gasteiger partial charge in [0, 0.05) is 24.2 Å². The molecule has 18 heavy (non-hydrogen) atoms. The Morgan fingerprint density at radius 3 is 2.44 bits per heavy atom. The summed E-state index contributed by atoms with van der Waals surface area (Å²) >= 11 is 0. The molecular formula is C15H23FN2. The molecule has 100 valence electrons. The molecule has 0 heterocycles. The molecule has 0 aliphatic heterocycles. The van der Waals surface area contributed by atoms with Crippen molar-refractivity contribution in [2.75, 3.05) is 6.54 Å². The Labute approximate surface area is 109 Å². The maximum Gasteiger partial charge on any atom is 0.128 e. The molecule has 0 amide bonds. The first-order valence-electron chi connectivity index (χ1n) is 7.02. The van der Waals surface area contributed by atoms with Gasteiger partial charge in [-0.15, -0.1) is 0 Å². The molecule has 1 aromatic rings. The van der Waals surface area contributed by atoms with E-state index < -0.39 is 0 Å². The zero-order valence-corrected chi connectivity index (χ0v) is 10.9. The summed E-state index contributed by atoms with van der Waals surface area (Å²) in [7, 11) is 0. The predicted molar refractivity (Wildman–Crippen MR) is 72.8 cm³/mol. The molecule has 3 N–H and O–H groups in total. The van der Waals surface area contributed by atoms with Crippen molar-refractivity contribution in [2.45, 2.75) is 50.6 Å². The zero-order chi connectivity index (χ0) is 12.8. The summed E-state index contributed by atoms with van der Waals surface area (Å²) < 4.78 is 13.8. The van der Waals surface area contributed by atoms with Crippen LogP contribution in [-0.4, -0.2) is 12.6 Å². The molecular weight excluding hydrogens is 227 g/mol. The number of nitrogens with one attached hydrogen (secondary N) is 1. The van der Waals surface area contributed by atoms with Gasteiger partial charge in [0.25, 0.3) is 0 Å². The van der Waals surface area contributed by atoms with E-state index in [2.05, 4.69) is 5.32 Å². The van der Waals surface area contributed by atoms with E-state index in [0.717, 1.165) is 0 Å². The van der Waals surface area contributed by atoms with Gasteiger partial charge in [-0.2, -0.15) is 0 Å². The maximum absolute atomic E-state index is 13.8. The van der Waals surface area contributed by atoms with Gasteiger partial charge in [-0.05, 0) is 18.9 Å². The minimum absolute atomic E-state index is 0.0608. The second kappa shape index (κ2) is 6.86. The number of nitrogens with two attached hydrogens (primary N) is 1. The monoisotopic (exact) mass is 250 g/mol. The molecule has 1 aliphatic rings. The van der Waals surface area contributed by atoms with Crippen LogP contribution in [0.5, 0.6) is 0 Å². The van der Waals surface area contributed by atoms with Gasteiger partial charge < -0.3 is 11.1 Å². The number of hydrogen-bond acceptors (Lipinski definition) is 2. The normalized spacial score (nSPS) is 19.4. The van der Waals surface area contributed by atoms with Gasteiger partial charge in [-0.1, -0.05) is 43.9 Å². The average Bonchev–Trinajstić information content (AvgIpc) is 2.65. The summed E-state index contributed by atoms with van der Waals surface area (Å²) in [6, 6.07) is 7.35. The number of hydrogen-bond donors (Lipinski definition) is 2. The highest BCUT2D eigenvalue weighted by atomic mass is 19.1. The lowest BCUT2D eigenvalue weighted by Gasteiger charge is -2.24. The first-order valence-corrected chi connectivity index (χ1v) is 7.02. The Bertz CT molecular complexity index is 359. The lowest BCUT2D eigenvalue weighted by Crippen LogP contribution is -2.36. The van der Waals surface area contributed by atoms with Crippen molar-refractivity contribution >= 4 is 0 Å². The molecule has 1 aliphatic carbocycles. The lowest BCUT2D eigenvalue weighted by atomic mass is 10.0. The van der Waals surface area contributed by atoms with E-state index >= 15 is 0 Å². The van der Waals surface area contributed by atoms with Crippen molar-refractivity contribution in [3.8, 4) is 0 Å². The largest absolute Gasteiger partial charge is 0.329 e. The standard InChI is InChI=1S/C15H23FN2/c16-14-10-6-5-9-13(14)15(11-17)18-12-7-3-1-2-4-8-12/h5-6,9-10,12,15,18H,1-4,7-8,11,17H2. The molecule has 1 aromatic carbocycles. The highest BCUT2D eigenvalue weighted by Crippen LogP contribution is 2.22. The van der Waals surface area contributed by atoms with Crippen LogP contribution in [0.25, 0.3) is 0 Å². The van der Waals surface area contributed by atoms with Gasteiger partial charge in [0.1, 0.15) is 5.82 Å².